The van der Waals surface area contributed by atoms with Crippen molar-refractivity contribution in [2.75, 3.05) is 19.5 Å². The molecule has 0 atom stereocenters. The first-order valence-electron chi connectivity index (χ1n) is 5.97. The summed E-state index contributed by atoms with van der Waals surface area (Å²) in [6.07, 6.45) is 1.56. The van der Waals surface area contributed by atoms with E-state index in [9.17, 15) is 9.59 Å². The number of amides is 1. The minimum Gasteiger partial charge on any atom is -0.497 e. The third kappa shape index (κ3) is 3.17. The molecule has 0 radical (unpaired) electrons. The summed E-state index contributed by atoms with van der Waals surface area (Å²) >= 11 is 6.07. The van der Waals surface area contributed by atoms with Crippen LogP contribution >= 0.6 is 11.6 Å². The average molecular weight is 309 g/mol. The normalized spacial score (nSPS) is 10.0. The Morgan fingerprint density at radius 1 is 1.24 bits per heavy atom. The molecule has 0 saturated carbocycles. The predicted octanol–water partition coefficient (Wildman–Crippen LogP) is 2.51. The number of carbonyl (C=O) groups excluding carboxylic acids is 2. The number of hydrogen-bond donors (Lipinski definition) is 2. The van der Waals surface area contributed by atoms with Crippen molar-refractivity contribution in [1.82, 2.24) is 4.98 Å². The molecule has 2 rings (SSSR count). The number of ketones is 1. The van der Waals surface area contributed by atoms with E-state index in [2.05, 4.69) is 10.3 Å². The summed E-state index contributed by atoms with van der Waals surface area (Å²) in [5.41, 5.74) is 0.404. The summed E-state index contributed by atoms with van der Waals surface area (Å²) in [6, 6.07) is 6.20. The van der Waals surface area contributed by atoms with E-state index in [1.165, 1.54) is 26.4 Å². The van der Waals surface area contributed by atoms with E-state index in [0.717, 1.165) is 0 Å². The van der Waals surface area contributed by atoms with Gasteiger partial charge < -0.3 is 19.8 Å². The van der Waals surface area contributed by atoms with Crippen LogP contribution in [0.3, 0.4) is 0 Å². The van der Waals surface area contributed by atoms with Gasteiger partial charge in [0.15, 0.2) is 0 Å². The van der Waals surface area contributed by atoms with Crippen LogP contribution < -0.4 is 14.8 Å². The molecule has 0 aliphatic rings. The number of ether oxygens (including phenoxy) is 2. The average Bonchev–Trinajstić information content (AvgIpc) is 3.02. The smallest absolute Gasteiger partial charge is 0.298 e. The molecule has 0 bridgehead atoms. The molecule has 1 amide bonds. The van der Waals surface area contributed by atoms with E-state index in [1.807, 2.05) is 0 Å². The number of hydrogen-bond acceptors (Lipinski definition) is 4. The monoisotopic (exact) mass is 308 g/mol. The summed E-state index contributed by atoms with van der Waals surface area (Å²) in [5, 5.41) is 2.66. The van der Waals surface area contributed by atoms with Crippen molar-refractivity contribution in [3.8, 4) is 11.5 Å². The molecule has 1 heterocycles. The predicted molar refractivity (Wildman–Crippen MR) is 78.3 cm³/mol. The lowest BCUT2D eigenvalue weighted by atomic mass is 10.2. The lowest BCUT2D eigenvalue weighted by Gasteiger charge is -2.13. The van der Waals surface area contributed by atoms with Gasteiger partial charge in [0.1, 0.15) is 17.2 Å². The second kappa shape index (κ2) is 6.32. The standard InChI is InChI=1S/C14H13ClN2O4/c1-20-8-6-9(15)12(11(7-8)21-2)17-14(19)13(18)10-4-3-5-16-10/h3-7,16H,1-2H3,(H,17,19). The number of anilines is 1. The Balaban J connectivity index is 2.27. The highest BCUT2D eigenvalue weighted by molar-refractivity contribution is 6.47. The van der Waals surface area contributed by atoms with E-state index < -0.39 is 11.7 Å². The van der Waals surface area contributed by atoms with Crippen molar-refractivity contribution >= 4 is 29.0 Å². The molecule has 0 aliphatic carbocycles. The summed E-state index contributed by atoms with van der Waals surface area (Å²) < 4.78 is 10.2. The zero-order valence-electron chi connectivity index (χ0n) is 11.4. The molecule has 1 aromatic heterocycles. The van der Waals surface area contributed by atoms with Gasteiger partial charge in [0.25, 0.3) is 11.7 Å². The highest BCUT2D eigenvalue weighted by Gasteiger charge is 2.20. The zero-order chi connectivity index (χ0) is 15.4. The zero-order valence-corrected chi connectivity index (χ0v) is 12.2. The number of nitrogens with one attached hydrogen (secondary N) is 2. The first kappa shape index (κ1) is 14.9. The van der Waals surface area contributed by atoms with Gasteiger partial charge in [-0.3, -0.25) is 9.59 Å². The topological polar surface area (TPSA) is 80.4 Å². The van der Waals surface area contributed by atoms with Gasteiger partial charge in [0.2, 0.25) is 0 Å². The quantitative estimate of drug-likeness (QED) is 0.657. The van der Waals surface area contributed by atoms with E-state index in [4.69, 9.17) is 21.1 Å². The fraction of sp³-hybridized carbons (Fsp3) is 0.143. The van der Waals surface area contributed by atoms with Crippen LogP contribution in [0.25, 0.3) is 0 Å². The number of benzene rings is 1. The Bertz CT molecular complexity index is 668. The van der Waals surface area contributed by atoms with Gasteiger partial charge in [-0.25, -0.2) is 0 Å². The number of carbonyl (C=O) groups is 2. The maximum atomic E-state index is 12.0. The number of halogens is 1. The van der Waals surface area contributed by atoms with Crippen LogP contribution in [-0.4, -0.2) is 30.9 Å². The Morgan fingerprint density at radius 3 is 2.57 bits per heavy atom. The molecule has 0 aliphatic heterocycles. The lowest BCUT2D eigenvalue weighted by Crippen LogP contribution is -2.23. The van der Waals surface area contributed by atoms with Crippen molar-refractivity contribution in [2.24, 2.45) is 0 Å². The maximum absolute atomic E-state index is 12.0. The Hall–Kier alpha value is -2.47. The Morgan fingerprint density at radius 2 is 2.00 bits per heavy atom. The summed E-state index contributed by atoms with van der Waals surface area (Å²) in [5.74, 6) is -0.741. The summed E-state index contributed by atoms with van der Waals surface area (Å²) in [4.78, 5) is 26.5. The van der Waals surface area contributed by atoms with Crippen LogP contribution in [0, 0.1) is 0 Å². The molecular weight excluding hydrogens is 296 g/mol. The second-order valence-electron chi connectivity index (χ2n) is 4.05. The summed E-state index contributed by atoms with van der Waals surface area (Å²) in [6.45, 7) is 0. The number of rotatable bonds is 5. The first-order valence-corrected chi connectivity index (χ1v) is 6.35. The molecule has 21 heavy (non-hydrogen) atoms. The van der Waals surface area contributed by atoms with Gasteiger partial charge in [-0.2, -0.15) is 0 Å². The first-order chi connectivity index (χ1) is 10.1. The molecule has 6 nitrogen and oxygen atoms in total. The molecular formula is C14H13ClN2O4. The van der Waals surface area contributed by atoms with Crippen molar-refractivity contribution in [3.63, 3.8) is 0 Å². The number of methoxy groups -OCH3 is 2. The fourth-order valence-corrected chi connectivity index (χ4v) is 1.97. The molecule has 2 aromatic rings. The molecule has 0 saturated heterocycles. The van der Waals surface area contributed by atoms with Crippen molar-refractivity contribution in [1.29, 1.82) is 0 Å². The van der Waals surface area contributed by atoms with E-state index in [1.54, 1.807) is 18.3 Å². The minimum atomic E-state index is -0.817. The minimum absolute atomic E-state index is 0.191. The van der Waals surface area contributed by atoms with Gasteiger partial charge in [-0.1, -0.05) is 11.6 Å². The van der Waals surface area contributed by atoms with Gasteiger partial charge in [0.05, 0.1) is 24.9 Å². The van der Waals surface area contributed by atoms with Gasteiger partial charge >= 0.3 is 0 Å². The van der Waals surface area contributed by atoms with Crippen LogP contribution in [0.15, 0.2) is 30.5 Å². The van der Waals surface area contributed by atoms with Gasteiger partial charge in [-0.05, 0) is 12.1 Å². The van der Waals surface area contributed by atoms with E-state index in [-0.39, 0.29) is 16.4 Å². The number of aromatic amines is 1. The van der Waals surface area contributed by atoms with Crippen molar-refractivity contribution in [3.05, 3.63) is 41.2 Å². The summed E-state index contributed by atoms with van der Waals surface area (Å²) in [7, 11) is 2.91. The lowest BCUT2D eigenvalue weighted by molar-refractivity contribution is -0.112. The Kier molecular flexibility index (Phi) is 4.49. The van der Waals surface area contributed by atoms with Gasteiger partial charge in [-0.15, -0.1) is 0 Å². The molecule has 2 N–H and O–H groups in total. The Labute approximate surface area is 126 Å². The molecule has 0 spiro atoms. The third-order valence-electron chi connectivity index (χ3n) is 2.77. The highest BCUT2D eigenvalue weighted by Crippen LogP contribution is 2.36. The largest absolute Gasteiger partial charge is 0.497 e. The van der Waals surface area contributed by atoms with Crippen LogP contribution in [0.5, 0.6) is 11.5 Å². The van der Waals surface area contributed by atoms with Crippen LogP contribution in [0.1, 0.15) is 10.5 Å². The van der Waals surface area contributed by atoms with Crippen LogP contribution in [0.2, 0.25) is 5.02 Å². The number of aromatic nitrogens is 1. The molecule has 110 valence electrons. The number of H-pyrrole nitrogens is 1. The van der Waals surface area contributed by atoms with E-state index >= 15 is 0 Å². The second-order valence-corrected chi connectivity index (χ2v) is 4.46. The fourth-order valence-electron chi connectivity index (χ4n) is 1.72. The third-order valence-corrected chi connectivity index (χ3v) is 3.07. The van der Waals surface area contributed by atoms with Crippen LogP contribution in [-0.2, 0) is 4.79 Å². The molecule has 0 unspecified atom stereocenters. The van der Waals surface area contributed by atoms with Crippen molar-refractivity contribution < 1.29 is 19.1 Å². The van der Waals surface area contributed by atoms with E-state index in [0.29, 0.717) is 11.5 Å². The highest BCUT2D eigenvalue weighted by atomic mass is 35.5. The SMILES string of the molecule is COc1cc(Cl)c(NC(=O)C(=O)c2ccc[nH]2)c(OC)c1. The van der Waals surface area contributed by atoms with Crippen molar-refractivity contribution in [2.45, 2.75) is 0 Å². The number of Topliss-reactive ketones (excluding diaryl/α,β-unsaturated/α-hetero) is 1. The molecule has 1 aromatic carbocycles. The van der Waals surface area contributed by atoms with Gasteiger partial charge in [0, 0.05) is 18.3 Å². The maximum Gasteiger partial charge on any atom is 0.298 e. The van der Waals surface area contributed by atoms with Crippen LogP contribution in [0.4, 0.5) is 5.69 Å². The molecule has 0 fully saturated rings. The molecule has 7 heteroatoms.